The summed E-state index contributed by atoms with van der Waals surface area (Å²) in [6.45, 7) is 2.22. The molecule has 1 atom stereocenters. The lowest BCUT2D eigenvalue weighted by atomic mass is 10.0. The number of thioether (sulfide) groups is 1. The first-order chi connectivity index (χ1) is 7.81. The van der Waals surface area contributed by atoms with E-state index in [4.69, 9.17) is 10.5 Å². The van der Waals surface area contributed by atoms with Crippen molar-refractivity contribution in [3.8, 4) is 0 Å². The lowest BCUT2D eigenvalue weighted by Gasteiger charge is -2.37. The van der Waals surface area contributed by atoms with E-state index in [-0.39, 0.29) is 18.6 Å². The summed E-state index contributed by atoms with van der Waals surface area (Å²) in [7, 11) is 0. The number of nitrogens with zero attached hydrogens (tertiary/aromatic N) is 1. The zero-order valence-corrected chi connectivity index (χ0v) is 10.4. The molecule has 2 N–H and O–H groups in total. The summed E-state index contributed by atoms with van der Waals surface area (Å²) in [5.41, 5.74) is 5.68. The van der Waals surface area contributed by atoms with Crippen molar-refractivity contribution < 1.29 is 9.53 Å². The molecule has 2 heterocycles. The van der Waals surface area contributed by atoms with Gasteiger partial charge in [-0.05, 0) is 30.3 Å². The third-order valence-electron chi connectivity index (χ3n) is 3.36. The van der Waals surface area contributed by atoms with Crippen LogP contribution in [0.4, 0.5) is 0 Å². The highest BCUT2D eigenvalue weighted by atomic mass is 32.2. The predicted octanol–water partition coefficient (Wildman–Crippen LogP) is 0.316. The van der Waals surface area contributed by atoms with Gasteiger partial charge in [-0.25, -0.2) is 0 Å². The third-order valence-corrected chi connectivity index (χ3v) is 4.41. The zero-order valence-electron chi connectivity index (χ0n) is 9.56. The van der Waals surface area contributed by atoms with Gasteiger partial charge in [-0.15, -0.1) is 0 Å². The minimum absolute atomic E-state index is 0.0934. The van der Waals surface area contributed by atoms with Gasteiger partial charge in [0.15, 0.2) is 0 Å². The number of hydrogen-bond donors (Lipinski definition) is 1. The Morgan fingerprint density at radius 2 is 2.19 bits per heavy atom. The summed E-state index contributed by atoms with van der Waals surface area (Å²) in [4.78, 5) is 13.7. The number of hydrogen-bond acceptors (Lipinski definition) is 4. The molecule has 0 aromatic heterocycles. The number of amides is 1. The Morgan fingerprint density at radius 1 is 1.44 bits per heavy atom. The van der Waals surface area contributed by atoms with E-state index in [2.05, 4.69) is 0 Å². The third kappa shape index (κ3) is 2.90. The molecular weight excluding hydrogens is 224 g/mol. The minimum atomic E-state index is 0.0934. The van der Waals surface area contributed by atoms with Crippen LogP contribution in [0.2, 0.25) is 0 Å². The SMILES string of the molecule is NCC1COCC(=O)N1CC1CCSCC1. The molecule has 0 spiro atoms. The molecule has 92 valence electrons. The van der Waals surface area contributed by atoms with E-state index in [1.165, 1.54) is 24.3 Å². The fraction of sp³-hybridized carbons (Fsp3) is 0.909. The summed E-state index contributed by atoms with van der Waals surface area (Å²) in [5, 5.41) is 0. The zero-order chi connectivity index (χ0) is 11.4. The average molecular weight is 244 g/mol. The average Bonchev–Trinajstić information content (AvgIpc) is 2.33. The number of morpholine rings is 1. The maximum Gasteiger partial charge on any atom is 0.248 e. The van der Waals surface area contributed by atoms with Crippen LogP contribution < -0.4 is 5.73 Å². The van der Waals surface area contributed by atoms with E-state index in [0.717, 1.165) is 6.54 Å². The second-order valence-corrected chi connectivity index (χ2v) is 5.73. The molecule has 0 radical (unpaired) electrons. The summed E-state index contributed by atoms with van der Waals surface area (Å²) in [6, 6.07) is 0.0934. The summed E-state index contributed by atoms with van der Waals surface area (Å²) < 4.78 is 5.23. The maximum absolute atomic E-state index is 11.8. The smallest absolute Gasteiger partial charge is 0.248 e. The first kappa shape index (κ1) is 12.2. The first-order valence-electron chi connectivity index (χ1n) is 5.96. The van der Waals surface area contributed by atoms with Crippen LogP contribution in [-0.2, 0) is 9.53 Å². The molecule has 2 fully saturated rings. The van der Waals surface area contributed by atoms with Crippen molar-refractivity contribution in [1.82, 2.24) is 4.90 Å². The van der Waals surface area contributed by atoms with Gasteiger partial charge in [0.1, 0.15) is 6.61 Å². The van der Waals surface area contributed by atoms with Crippen molar-refractivity contribution in [3.63, 3.8) is 0 Å². The fourth-order valence-electron chi connectivity index (χ4n) is 2.31. The fourth-order valence-corrected chi connectivity index (χ4v) is 3.52. The molecule has 2 saturated heterocycles. The van der Waals surface area contributed by atoms with Crippen LogP contribution >= 0.6 is 11.8 Å². The van der Waals surface area contributed by atoms with Crippen molar-refractivity contribution >= 4 is 17.7 Å². The second kappa shape index (κ2) is 5.89. The van der Waals surface area contributed by atoms with Crippen LogP contribution in [0, 0.1) is 5.92 Å². The van der Waals surface area contributed by atoms with Gasteiger partial charge in [-0.3, -0.25) is 4.79 Å². The van der Waals surface area contributed by atoms with Gasteiger partial charge in [0.25, 0.3) is 0 Å². The Bertz CT molecular complexity index is 244. The van der Waals surface area contributed by atoms with Gasteiger partial charge < -0.3 is 15.4 Å². The van der Waals surface area contributed by atoms with Gasteiger partial charge in [0, 0.05) is 13.1 Å². The Morgan fingerprint density at radius 3 is 2.88 bits per heavy atom. The molecule has 1 amide bonds. The topological polar surface area (TPSA) is 55.6 Å². The number of carbonyl (C=O) groups excluding carboxylic acids is 1. The molecule has 0 aromatic carbocycles. The van der Waals surface area contributed by atoms with Gasteiger partial charge in [0.2, 0.25) is 5.91 Å². The summed E-state index contributed by atoms with van der Waals surface area (Å²) in [5.74, 6) is 3.24. The molecule has 1 unspecified atom stereocenters. The van der Waals surface area contributed by atoms with Gasteiger partial charge in [-0.1, -0.05) is 0 Å². The summed E-state index contributed by atoms with van der Waals surface area (Å²) >= 11 is 2.02. The van der Waals surface area contributed by atoms with E-state index < -0.39 is 0 Å². The quantitative estimate of drug-likeness (QED) is 0.776. The lowest BCUT2D eigenvalue weighted by molar-refractivity contribution is -0.148. The van der Waals surface area contributed by atoms with Crippen LogP contribution in [0.1, 0.15) is 12.8 Å². The van der Waals surface area contributed by atoms with E-state index in [0.29, 0.717) is 19.1 Å². The van der Waals surface area contributed by atoms with Crippen LogP contribution in [0.15, 0.2) is 0 Å². The van der Waals surface area contributed by atoms with Crippen molar-refractivity contribution in [1.29, 1.82) is 0 Å². The van der Waals surface area contributed by atoms with E-state index in [9.17, 15) is 4.79 Å². The van der Waals surface area contributed by atoms with Crippen molar-refractivity contribution in [2.75, 3.05) is 37.8 Å². The number of rotatable bonds is 3. The van der Waals surface area contributed by atoms with E-state index in [1.807, 2.05) is 16.7 Å². The number of nitrogens with two attached hydrogens (primary N) is 1. The highest BCUT2D eigenvalue weighted by molar-refractivity contribution is 7.99. The first-order valence-corrected chi connectivity index (χ1v) is 7.11. The Hall–Kier alpha value is -0.260. The molecular formula is C11H20N2O2S. The predicted molar refractivity (Wildman–Crippen MR) is 65.4 cm³/mol. The molecule has 4 nitrogen and oxygen atoms in total. The van der Waals surface area contributed by atoms with E-state index >= 15 is 0 Å². The lowest BCUT2D eigenvalue weighted by Crippen LogP contribution is -2.54. The molecule has 0 aromatic rings. The molecule has 16 heavy (non-hydrogen) atoms. The molecule has 0 saturated carbocycles. The van der Waals surface area contributed by atoms with Gasteiger partial charge in [0.05, 0.1) is 12.6 Å². The van der Waals surface area contributed by atoms with Gasteiger partial charge in [-0.2, -0.15) is 11.8 Å². The summed E-state index contributed by atoms with van der Waals surface area (Å²) in [6.07, 6.45) is 2.46. The highest BCUT2D eigenvalue weighted by Crippen LogP contribution is 2.24. The van der Waals surface area contributed by atoms with Crippen molar-refractivity contribution in [2.45, 2.75) is 18.9 Å². The molecule has 2 aliphatic heterocycles. The van der Waals surface area contributed by atoms with Crippen molar-refractivity contribution in [3.05, 3.63) is 0 Å². The Labute approximate surface area is 101 Å². The normalized spacial score (nSPS) is 28.4. The largest absolute Gasteiger partial charge is 0.369 e. The maximum atomic E-state index is 11.8. The Balaban J connectivity index is 1.91. The van der Waals surface area contributed by atoms with E-state index in [1.54, 1.807) is 0 Å². The van der Waals surface area contributed by atoms with Gasteiger partial charge >= 0.3 is 0 Å². The van der Waals surface area contributed by atoms with Crippen LogP contribution in [0.5, 0.6) is 0 Å². The van der Waals surface area contributed by atoms with Crippen LogP contribution in [-0.4, -0.2) is 54.7 Å². The molecule has 0 bridgehead atoms. The molecule has 5 heteroatoms. The Kier molecular flexibility index (Phi) is 4.49. The number of carbonyl (C=O) groups is 1. The molecule has 2 rings (SSSR count). The standard InChI is InChI=1S/C11H20N2O2S/c12-5-10-7-15-8-11(14)13(10)6-9-1-3-16-4-2-9/h9-10H,1-8,12H2. The monoisotopic (exact) mass is 244 g/mol. The second-order valence-electron chi connectivity index (χ2n) is 4.51. The van der Waals surface area contributed by atoms with Crippen LogP contribution in [0.25, 0.3) is 0 Å². The highest BCUT2D eigenvalue weighted by Gasteiger charge is 2.30. The molecule has 2 aliphatic rings. The van der Waals surface area contributed by atoms with Crippen LogP contribution in [0.3, 0.4) is 0 Å². The molecule has 0 aliphatic carbocycles. The van der Waals surface area contributed by atoms with Crippen molar-refractivity contribution in [2.24, 2.45) is 11.7 Å². The minimum Gasteiger partial charge on any atom is -0.369 e. The number of ether oxygens (including phenoxy) is 1.